The van der Waals surface area contributed by atoms with Gasteiger partial charge >= 0.3 is 6.18 Å². The van der Waals surface area contributed by atoms with Crippen LogP contribution in [0.1, 0.15) is 5.01 Å². The fraction of sp³-hybridized carbons (Fsp3) is 0.143. The lowest BCUT2D eigenvalue weighted by atomic mass is 10.5. The fourth-order valence-electron chi connectivity index (χ4n) is 0.838. The van der Waals surface area contributed by atoms with Gasteiger partial charge in [-0.25, -0.2) is 0 Å². The zero-order valence-electron chi connectivity index (χ0n) is 6.58. The minimum atomic E-state index is -4.40. The molecule has 0 amide bonds. The molecule has 14 heavy (non-hydrogen) atoms. The van der Waals surface area contributed by atoms with Crippen molar-refractivity contribution in [1.29, 1.82) is 0 Å². The van der Waals surface area contributed by atoms with Crippen molar-refractivity contribution in [1.82, 2.24) is 10.2 Å². The van der Waals surface area contributed by atoms with Crippen LogP contribution in [-0.4, -0.2) is 10.2 Å². The lowest BCUT2D eigenvalue weighted by Gasteiger charge is -1.97. The maximum atomic E-state index is 12.2. The third kappa shape index (κ3) is 1.78. The summed E-state index contributed by atoms with van der Waals surface area (Å²) >= 11 is 1.90. The van der Waals surface area contributed by atoms with E-state index in [2.05, 4.69) is 10.2 Å². The average Bonchev–Trinajstić information content (AvgIpc) is 2.73. The number of hydrogen-bond acceptors (Lipinski definition) is 4. The highest BCUT2D eigenvalue weighted by Gasteiger charge is 2.35. The summed E-state index contributed by atoms with van der Waals surface area (Å²) in [7, 11) is 0. The normalized spacial score (nSPS) is 11.9. The summed E-state index contributed by atoms with van der Waals surface area (Å²) in [5.74, 6) is 0. The molecule has 0 fully saturated rings. The molecule has 0 unspecified atom stereocenters. The number of alkyl halides is 3. The van der Waals surface area contributed by atoms with Crippen molar-refractivity contribution in [3.63, 3.8) is 0 Å². The van der Waals surface area contributed by atoms with E-state index in [4.69, 9.17) is 0 Å². The Bertz CT molecular complexity index is 418. The minimum absolute atomic E-state index is 0.312. The van der Waals surface area contributed by atoms with Gasteiger partial charge in [0.2, 0.25) is 5.01 Å². The molecule has 2 rings (SSSR count). The van der Waals surface area contributed by atoms with Crippen LogP contribution in [0.15, 0.2) is 17.5 Å². The largest absolute Gasteiger partial charge is 0.445 e. The highest BCUT2D eigenvalue weighted by molar-refractivity contribution is 7.20. The second-order valence-corrected chi connectivity index (χ2v) is 4.31. The van der Waals surface area contributed by atoms with Crippen molar-refractivity contribution in [3.8, 4) is 9.88 Å². The van der Waals surface area contributed by atoms with Crippen LogP contribution in [-0.2, 0) is 6.18 Å². The Morgan fingerprint density at radius 1 is 1.21 bits per heavy atom. The number of rotatable bonds is 1. The second-order valence-electron chi connectivity index (χ2n) is 2.39. The first-order valence-corrected chi connectivity index (χ1v) is 5.21. The molecular formula is C7H3F3N2S2. The molecule has 0 saturated heterocycles. The molecule has 2 nitrogen and oxygen atoms in total. The molecule has 74 valence electrons. The summed E-state index contributed by atoms with van der Waals surface area (Å²) in [6.07, 6.45) is -4.40. The molecule has 0 radical (unpaired) electrons. The highest BCUT2D eigenvalue weighted by atomic mass is 32.1. The molecular weight excluding hydrogens is 233 g/mol. The quantitative estimate of drug-likeness (QED) is 0.759. The third-order valence-electron chi connectivity index (χ3n) is 1.40. The predicted molar refractivity (Wildman–Crippen MR) is 48.2 cm³/mol. The van der Waals surface area contributed by atoms with Crippen LogP contribution >= 0.6 is 22.7 Å². The Morgan fingerprint density at radius 3 is 2.50 bits per heavy atom. The van der Waals surface area contributed by atoms with E-state index in [9.17, 15) is 13.2 Å². The summed E-state index contributed by atoms with van der Waals surface area (Å²) in [6, 6.07) is 3.47. The van der Waals surface area contributed by atoms with E-state index in [-0.39, 0.29) is 0 Å². The van der Waals surface area contributed by atoms with Crippen molar-refractivity contribution in [2.24, 2.45) is 0 Å². The number of hydrogen-bond donors (Lipinski definition) is 0. The molecule has 0 spiro atoms. The molecule has 0 aromatic carbocycles. The van der Waals surface area contributed by atoms with Gasteiger partial charge in [-0.15, -0.1) is 21.5 Å². The van der Waals surface area contributed by atoms with Gasteiger partial charge in [-0.3, -0.25) is 0 Å². The summed E-state index contributed by atoms with van der Waals surface area (Å²) in [5.41, 5.74) is 0. The van der Waals surface area contributed by atoms with Crippen LogP contribution in [0.3, 0.4) is 0 Å². The van der Waals surface area contributed by atoms with E-state index in [0.717, 1.165) is 0 Å². The molecule has 0 bridgehead atoms. The molecule has 0 aliphatic heterocycles. The van der Waals surface area contributed by atoms with Gasteiger partial charge in [0.15, 0.2) is 5.01 Å². The molecule has 0 aliphatic carbocycles. The molecule has 0 aliphatic rings. The maximum absolute atomic E-state index is 12.2. The molecule has 0 atom stereocenters. The SMILES string of the molecule is FC(F)(F)c1nnc(-c2cccs2)s1. The van der Waals surface area contributed by atoms with Crippen LogP contribution < -0.4 is 0 Å². The smallest absolute Gasteiger partial charge is 0.164 e. The monoisotopic (exact) mass is 236 g/mol. The highest BCUT2D eigenvalue weighted by Crippen LogP contribution is 2.35. The van der Waals surface area contributed by atoms with E-state index < -0.39 is 11.2 Å². The topological polar surface area (TPSA) is 25.8 Å². The van der Waals surface area contributed by atoms with E-state index >= 15 is 0 Å². The van der Waals surface area contributed by atoms with E-state index in [1.807, 2.05) is 0 Å². The molecule has 0 saturated carbocycles. The number of aromatic nitrogens is 2. The molecule has 0 N–H and O–H groups in total. The second kappa shape index (κ2) is 3.32. The lowest BCUT2D eigenvalue weighted by molar-refractivity contribution is -0.138. The van der Waals surface area contributed by atoms with E-state index in [0.29, 0.717) is 21.2 Å². The van der Waals surface area contributed by atoms with Crippen LogP contribution in [0.2, 0.25) is 0 Å². The van der Waals surface area contributed by atoms with E-state index in [1.165, 1.54) is 11.3 Å². The van der Waals surface area contributed by atoms with Gasteiger partial charge in [0.1, 0.15) is 0 Å². The van der Waals surface area contributed by atoms with Gasteiger partial charge in [0, 0.05) is 0 Å². The summed E-state index contributed by atoms with van der Waals surface area (Å²) < 4.78 is 36.5. The van der Waals surface area contributed by atoms with Crippen molar-refractivity contribution in [3.05, 3.63) is 22.5 Å². The zero-order chi connectivity index (χ0) is 10.2. The number of halogens is 3. The average molecular weight is 236 g/mol. The van der Waals surface area contributed by atoms with Crippen molar-refractivity contribution in [2.75, 3.05) is 0 Å². The number of thiophene rings is 1. The van der Waals surface area contributed by atoms with Gasteiger partial charge < -0.3 is 0 Å². The fourth-order valence-corrected chi connectivity index (χ4v) is 2.34. The first kappa shape index (κ1) is 9.60. The first-order chi connectivity index (χ1) is 6.57. The Kier molecular flexibility index (Phi) is 2.28. The van der Waals surface area contributed by atoms with Crippen molar-refractivity contribution >= 4 is 22.7 Å². The van der Waals surface area contributed by atoms with Crippen LogP contribution in [0.4, 0.5) is 13.2 Å². The Labute approximate surface area is 85.0 Å². The standard InChI is InChI=1S/C7H3F3N2S2/c8-7(9,10)6-12-11-5(14-6)4-2-1-3-13-4/h1-3H. The maximum Gasteiger partial charge on any atom is 0.445 e. The van der Waals surface area contributed by atoms with E-state index in [1.54, 1.807) is 17.5 Å². The minimum Gasteiger partial charge on any atom is -0.164 e. The summed E-state index contributed by atoms with van der Waals surface area (Å²) in [4.78, 5) is 0.706. The Balaban J connectivity index is 2.36. The number of nitrogens with zero attached hydrogens (tertiary/aromatic N) is 2. The molecule has 2 aromatic heterocycles. The summed E-state index contributed by atoms with van der Waals surface area (Å²) in [6.45, 7) is 0. The van der Waals surface area contributed by atoms with Gasteiger partial charge in [-0.05, 0) is 11.4 Å². The molecule has 2 aromatic rings. The van der Waals surface area contributed by atoms with Crippen molar-refractivity contribution in [2.45, 2.75) is 6.18 Å². The lowest BCUT2D eigenvalue weighted by Crippen LogP contribution is -2.03. The Hall–Kier alpha value is -0.950. The van der Waals surface area contributed by atoms with Gasteiger partial charge in [0.05, 0.1) is 4.88 Å². The van der Waals surface area contributed by atoms with Crippen LogP contribution in [0, 0.1) is 0 Å². The third-order valence-corrected chi connectivity index (χ3v) is 3.41. The van der Waals surface area contributed by atoms with Crippen LogP contribution in [0.5, 0.6) is 0 Å². The van der Waals surface area contributed by atoms with Gasteiger partial charge in [0.25, 0.3) is 0 Å². The molecule has 2 heterocycles. The first-order valence-electron chi connectivity index (χ1n) is 3.52. The summed E-state index contributed by atoms with van der Waals surface area (Å²) in [5, 5.41) is 7.77. The van der Waals surface area contributed by atoms with Crippen molar-refractivity contribution < 1.29 is 13.2 Å². The van der Waals surface area contributed by atoms with Gasteiger partial charge in [-0.2, -0.15) is 13.2 Å². The Morgan fingerprint density at radius 2 is 2.00 bits per heavy atom. The predicted octanol–water partition coefficient (Wildman–Crippen LogP) is 3.29. The zero-order valence-corrected chi connectivity index (χ0v) is 8.21. The molecule has 7 heteroatoms. The van der Waals surface area contributed by atoms with Gasteiger partial charge in [-0.1, -0.05) is 17.4 Å². The van der Waals surface area contributed by atoms with Crippen LogP contribution in [0.25, 0.3) is 9.88 Å².